The molecular formula is C29H35N3O4. The molecule has 36 heavy (non-hydrogen) atoms. The SMILES string of the molecule is COc1cccc2c1Oc1ncccc1N(C(=O)CCC(=O)N[C@H](C)C13CC4CC(CC(C4)C1)C3)C2. The first kappa shape index (κ1) is 23.3. The number of nitrogens with zero attached hydrogens (tertiary/aromatic N) is 2. The molecule has 7 rings (SSSR count). The average molecular weight is 490 g/mol. The van der Waals surface area contributed by atoms with Crippen LogP contribution in [0.3, 0.4) is 0 Å². The number of methoxy groups -OCH3 is 1. The van der Waals surface area contributed by atoms with E-state index >= 15 is 0 Å². The Hall–Kier alpha value is -3.09. The molecule has 2 aromatic rings. The highest BCUT2D eigenvalue weighted by atomic mass is 16.5. The number of ether oxygens (including phenoxy) is 2. The Labute approximate surface area is 212 Å². The van der Waals surface area contributed by atoms with Crippen LogP contribution in [0.4, 0.5) is 5.69 Å². The van der Waals surface area contributed by atoms with Crippen LogP contribution in [-0.4, -0.2) is 29.9 Å². The largest absolute Gasteiger partial charge is 0.493 e. The number of rotatable bonds is 6. The molecule has 4 saturated carbocycles. The molecule has 5 aliphatic rings. The van der Waals surface area contributed by atoms with Crippen LogP contribution < -0.4 is 19.7 Å². The van der Waals surface area contributed by atoms with Crippen LogP contribution >= 0.6 is 0 Å². The van der Waals surface area contributed by atoms with Crippen LogP contribution in [0.25, 0.3) is 0 Å². The van der Waals surface area contributed by atoms with Gasteiger partial charge in [-0.15, -0.1) is 0 Å². The number of carbonyl (C=O) groups excluding carboxylic acids is 2. The summed E-state index contributed by atoms with van der Waals surface area (Å²) in [5.41, 5.74) is 1.69. The summed E-state index contributed by atoms with van der Waals surface area (Å²) in [5, 5.41) is 3.29. The summed E-state index contributed by atoms with van der Waals surface area (Å²) in [6.45, 7) is 2.51. The van der Waals surface area contributed by atoms with Crippen molar-refractivity contribution in [2.75, 3.05) is 12.0 Å². The number of para-hydroxylation sites is 1. The second-order valence-electron chi connectivity index (χ2n) is 11.4. The predicted octanol–water partition coefficient (Wildman–Crippen LogP) is 5.23. The lowest BCUT2D eigenvalue weighted by Gasteiger charge is -2.59. The van der Waals surface area contributed by atoms with Crippen LogP contribution in [0.2, 0.25) is 0 Å². The molecule has 4 aliphatic carbocycles. The van der Waals surface area contributed by atoms with Crippen molar-refractivity contribution in [1.82, 2.24) is 10.3 Å². The summed E-state index contributed by atoms with van der Waals surface area (Å²) in [4.78, 5) is 32.4. The summed E-state index contributed by atoms with van der Waals surface area (Å²) in [5.74, 6) is 3.89. The maximum absolute atomic E-state index is 13.4. The molecule has 0 unspecified atom stereocenters. The zero-order valence-corrected chi connectivity index (χ0v) is 21.2. The van der Waals surface area contributed by atoms with E-state index in [9.17, 15) is 9.59 Å². The number of aromatic nitrogens is 1. The van der Waals surface area contributed by atoms with Gasteiger partial charge in [-0.05, 0) is 86.8 Å². The molecule has 4 bridgehead atoms. The number of benzene rings is 1. The number of fused-ring (bicyclic) bond motifs is 2. The Bertz CT molecular complexity index is 1140. The van der Waals surface area contributed by atoms with Crippen molar-refractivity contribution in [3.8, 4) is 17.4 Å². The molecular weight excluding hydrogens is 454 g/mol. The first-order valence-electron chi connectivity index (χ1n) is 13.3. The molecule has 0 radical (unpaired) electrons. The summed E-state index contributed by atoms with van der Waals surface area (Å²) in [6.07, 6.45) is 9.86. The van der Waals surface area contributed by atoms with Crippen molar-refractivity contribution in [3.05, 3.63) is 42.1 Å². The summed E-state index contributed by atoms with van der Waals surface area (Å²) in [6, 6.07) is 9.40. The number of pyridine rings is 1. The van der Waals surface area contributed by atoms with Gasteiger partial charge in [0.25, 0.3) is 0 Å². The Morgan fingerprint density at radius 1 is 1.11 bits per heavy atom. The highest BCUT2D eigenvalue weighted by molar-refractivity contribution is 5.96. The first-order chi connectivity index (χ1) is 17.4. The van der Waals surface area contributed by atoms with E-state index in [-0.39, 0.29) is 36.1 Å². The zero-order chi connectivity index (χ0) is 24.9. The van der Waals surface area contributed by atoms with Gasteiger partial charge in [0.15, 0.2) is 11.5 Å². The molecule has 7 nitrogen and oxygen atoms in total. The summed E-state index contributed by atoms with van der Waals surface area (Å²) >= 11 is 0. The molecule has 1 atom stereocenters. The Balaban J connectivity index is 1.13. The Kier molecular flexibility index (Phi) is 5.89. The highest BCUT2D eigenvalue weighted by Crippen LogP contribution is 2.61. The Morgan fingerprint density at radius 2 is 1.83 bits per heavy atom. The van der Waals surface area contributed by atoms with Gasteiger partial charge in [0.2, 0.25) is 17.7 Å². The number of hydrogen-bond donors (Lipinski definition) is 1. The average Bonchev–Trinajstić information content (AvgIpc) is 3.03. The van der Waals surface area contributed by atoms with E-state index in [0.717, 1.165) is 23.3 Å². The fourth-order valence-corrected chi connectivity index (χ4v) is 7.73. The van der Waals surface area contributed by atoms with Crippen molar-refractivity contribution in [1.29, 1.82) is 0 Å². The van der Waals surface area contributed by atoms with Crippen LogP contribution in [0, 0.1) is 23.2 Å². The van der Waals surface area contributed by atoms with Gasteiger partial charge in [-0.25, -0.2) is 4.98 Å². The molecule has 4 fully saturated rings. The number of anilines is 1. The second-order valence-corrected chi connectivity index (χ2v) is 11.4. The highest BCUT2D eigenvalue weighted by Gasteiger charge is 2.53. The van der Waals surface area contributed by atoms with E-state index in [0.29, 0.717) is 29.6 Å². The van der Waals surface area contributed by atoms with Crippen molar-refractivity contribution in [2.24, 2.45) is 23.2 Å². The lowest BCUT2D eigenvalue weighted by Crippen LogP contribution is -2.55. The topological polar surface area (TPSA) is 80.8 Å². The van der Waals surface area contributed by atoms with E-state index in [2.05, 4.69) is 17.2 Å². The third-order valence-corrected chi connectivity index (χ3v) is 9.10. The Morgan fingerprint density at radius 3 is 2.53 bits per heavy atom. The molecule has 0 saturated heterocycles. The van der Waals surface area contributed by atoms with E-state index in [1.54, 1.807) is 24.3 Å². The third-order valence-electron chi connectivity index (χ3n) is 9.10. The molecule has 2 amide bonds. The van der Waals surface area contributed by atoms with Gasteiger partial charge in [-0.3, -0.25) is 9.59 Å². The van der Waals surface area contributed by atoms with E-state index in [4.69, 9.17) is 9.47 Å². The molecule has 1 aromatic heterocycles. The molecule has 190 valence electrons. The minimum Gasteiger partial charge on any atom is -0.493 e. The van der Waals surface area contributed by atoms with Gasteiger partial charge < -0.3 is 19.7 Å². The molecule has 2 heterocycles. The van der Waals surface area contributed by atoms with Crippen LogP contribution in [-0.2, 0) is 16.1 Å². The quantitative estimate of drug-likeness (QED) is 0.601. The van der Waals surface area contributed by atoms with Crippen LogP contribution in [0.15, 0.2) is 36.5 Å². The van der Waals surface area contributed by atoms with Gasteiger partial charge in [0, 0.05) is 30.6 Å². The number of carbonyl (C=O) groups is 2. The molecule has 1 N–H and O–H groups in total. The summed E-state index contributed by atoms with van der Waals surface area (Å²) < 4.78 is 11.6. The second kappa shape index (κ2) is 9.09. The smallest absolute Gasteiger partial charge is 0.243 e. The molecule has 1 aliphatic heterocycles. The van der Waals surface area contributed by atoms with Gasteiger partial charge in [0.05, 0.1) is 13.7 Å². The van der Waals surface area contributed by atoms with Gasteiger partial charge in [-0.1, -0.05) is 12.1 Å². The minimum absolute atomic E-state index is 0.0360. The maximum Gasteiger partial charge on any atom is 0.243 e. The monoisotopic (exact) mass is 489 g/mol. The van der Waals surface area contributed by atoms with E-state index in [1.165, 1.54) is 38.5 Å². The van der Waals surface area contributed by atoms with E-state index in [1.807, 2.05) is 24.3 Å². The fraction of sp³-hybridized carbons (Fsp3) is 0.552. The maximum atomic E-state index is 13.4. The van der Waals surface area contributed by atoms with Crippen LogP contribution in [0.5, 0.6) is 17.4 Å². The molecule has 1 aromatic carbocycles. The first-order valence-corrected chi connectivity index (χ1v) is 13.3. The normalized spacial score (nSPS) is 28.4. The van der Waals surface area contributed by atoms with Gasteiger partial charge >= 0.3 is 0 Å². The lowest BCUT2D eigenvalue weighted by atomic mass is 9.48. The van der Waals surface area contributed by atoms with Crippen molar-refractivity contribution in [2.45, 2.75) is 70.9 Å². The molecule has 0 spiro atoms. The number of amides is 2. The van der Waals surface area contributed by atoms with Crippen molar-refractivity contribution in [3.63, 3.8) is 0 Å². The van der Waals surface area contributed by atoms with E-state index < -0.39 is 0 Å². The standard InChI is InChI=1S/C29H35N3O4/c1-18(29-14-19-11-20(15-29)13-21(12-19)16-29)31-25(33)8-9-26(34)32-17-22-5-3-7-24(35-2)27(22)36-28-23(32)6-4-10-30-28/h3-7,10,18-21H,8-9,11-17H2,1-2H3,(H,31,33)/t18-,19?,20?,21?,29?/m1/s1. The fourth-order valence-electron chi connectivity index (χ4n) is 7.73. The van der Waals surface area contributed by atoms with Gasteiger partial charge in [-0.2, -0.15) is 0 Å². The number of nitrogens with one attached hydrogen (secondary N) is 1. The van der Waals surface area contributed by atoms with Gasteiger partial charge in [0.1, 0.15) is 5.69 Å². The zero-order valence-electron chi connectivity index (χ0n) is 21.2. The summed E-state index contributed by atoms with van der Waals surface area (Å²) in [7, 11) is 1.59. The third kappa shape index (κ3) is 4.12. The minimum atomic E-state index is -0.124. The lowest BCUT2D eigenvalue weighted by molar-refractivity contribution is -0.128. The van der Waals surface area contributed by atoms with Crippen LogP contribution in [0.1, 0.15) is 63.9 Å². The molecule has 7 heteroatoms. The van der Waals surface area contributed by atoms with Crippen molar-refractivity contribution < 1.29 is 19.1 Å². The number of hydrogen-bond acceptors (Lipinski definition) is 5. The van der Waals surface area contributed by atoms with Crippen molar-refractivity contribution >= 4 is 17.5 Å². The predicted molar refractivity (Wildman–Crippen MR) is 136 cm³/mol.